The second-order valence-electron chi connectivity index (χ2n) is 6.62. The van der Waals surface area contributed by atoms with E-state index in [1.807, 2.05) is 18.2 Å². The van der Waals surface area contributed by atoms with Crippen molar-refractivity contribution in [3.05, 3.63) is 35.9 Å². The number of aliphatic hydroxyl groups is 1. The number of aliphatic hydroxyl groups excluding tert-OH is 1. The van der Waals surface area contributed by atoms with Crippen LogP contribution in [0.15, 0.2) is 30.3 Å². The maximum Gasteiger partial charge on any atom is 0.338 e. The summed E-state index contributed by atoms with van der Waals surface area (Å²) in [6.45, 7) is 6.39. The third-order valence-electron chi connectivity index (χ3n) is 5.44. The van der Waals surface area contributed by atoms with Crippen molar-refractivity contribution in [1.29, 1.82) is 0 Å². The van der Waals surface area contributed by atoms with E-state index in [9.17, 15) is 9.90 Å². The molecule has 0 amide bonds. The average molecular weight is 274 g/mol. The Kier molecular flexibility index (Phi) is 3.13. The zero-order chi connectivity index (χ0) is 14.5. The SMILES string of the molecule is CC1C2CC2(C(C)C)C(OC(=O)c2ccccc2)[C@H]1O. The first-order chi connectivity index (χ1) is 9.48. The number of rotatable bonds is 3. The summed E-state index contributed by atoms with van der Waals surface area (Å²) in [5, 5.41) is 10.4. The van der Waals surface area contributed by atoms with Crippen molar-refractivity contribution in [3.8, 4) is 0 Å². The lowest BCUT2D eigenvalue weighted by Crippen LogP contribution is -2.39. The summed E-state index contributed by atoms with van der Waals surface area (Å²) in [5.41, 5.74) is 0.541. The van der Waals surface area contributed by atoms with Gasteiger partial charge in [-0.3, -0.25) is 0 Å². The number of hydrogen-bond donors (Lipinski definition) is 1. The van der Waals surface area contributed by atoms with Crippen LogP contribution in [0.2, 0.25) is 0 Å². The van der Waals surface area contributed by atoms with Gasteiger partial charge in [0.25, 0.3) is 0 Å². The fourth-order valence-electron chi connectivity index (χ4n) is 4.09. The molecule has 3 rings (SSSR count). The minimum Gasteiger partial charge on any atom is -0.455 e. The molecule has 0 spiro atoms. The van der Waals surface area contributed by atoms with Gasteiger partial charge < -0.3 is 9.84 Å². The van der Waals surface area contributed by atoms with Crippen molar-refractivity contribution < 1.29 is 14.6 Å². The molecule has 2 aliphatic rings. The zero-order valence-corrected chi connectivity index (χ0v) is 12.2. The highest BCUT2D eigenvalue weighted by Crippen LogP contribution is 2.70. The monoisotopic (exact) mass is 274 g/mol. The number of carbonyl (C=O) groups is 1. The van der Waals surface area contributed by atoms with Crippen molar-refractivity contribution in [1.82, 2.24) is 0 Å². The minimum atomic E-state index is -0.538. The third-order valence-corrected chi connectivity index (χ3v) is 5.44. The Hall–Kier alpha value is -1.35. The van der Waals surface area contributed by atoms with Crippen LogP contribution >= 0.6 is 0 Å². The molecule has 1 aromatic carbocycles. The lowest BCUT2D eigenvalue weighted by Gasteiger charge is -2.29. The van der Waals surface area contributed by atoms with Crippen molar-refractivity contribution in [2.45, 2.75) is 39.4 Å². The number of esters is 1. The van der Waals surface area contributed by atoms with Crippen molar-refractivity contribution >= 4 is 5.97 Å². The van der Waals surface area contributed by atoms with Gasteiger partial charge in [-0.25, -0.2) is 4.79 Å². The van der Waals surface area contributed by atoms with Crippen molar-refractivity contribution in [2.75, 3.05) is 0 Å². The van der Waals surface area contributed by atoms with E-state index >= 15 is 0 Å². The van der Waals surface area contributed by atoms with Gasteiger partial charge in [-0.2, -0.15) is 0 Å². The Morgan fingerprint density at radius 3 is 2.60 bits per heavy atom. The van der Waals surface area contributed by atoms with Gasteiger partial charge >= 0.3 is 5.97 Å². The van der Waals surface area contributed by atoms with E-state index in [-0.39, 0.29) is 23.4 Å². The van der Waals surface area contributed by atoms with Gasteiger partial charge in [0.15, 0.2) is 0 Å². The third kappa shape index (κ3) is 1.80. The molecule has 1 N–H and O–H groups in total. The van der Waals surface area contributed by atoms with Crippen LogP contribution in [0.3, 0.4) is 0 Å². The largest absolute Gasteiger partial charge is 0.455 e. The summed E-state index contributed by atoms with van der Waals surface area (Å²) in [5.74, 6) is 0.798. The number of ether oxygens (including phenoxy) is 1. The molecule has 2 aliphatic carbocycles. The second-order valence-corrected chi connectivity index (χ2v) is 6.62. The molecule has 0 saturated heterocycles. The fourth-order valence-corrected chi connectivity index (χ4v) is 4.09. The number of carbonyl (C=O) groups excluding carboxylic acids is 1. The Labute approximate surface area is 120 Å². The summed E-state index contributed by atoms with van der Waals surface area (Å²) in [7, 11) is 0. The van der Waals surface area contributed by atoms with Gasteiger partial charge in [0.1, 0.15) is 6.10 Å². The molecule has 0 aliphatic heterocycles. The predicted octanol–water partition coefficient (Wildman–Crippen LogP) is 2.88. The number of benzene rings is 1. The molecule has 108 valence electrons. The van der Waals surface area contributed by atoms with E-state index in [1.165, 1.54) is 0 Å². The molecule has 4 unspecified atom stereocenters. The molecule has 3 heteroatoms. The fraction of sp³-hybridized carbons (Fsp3) is 0.588. The molecule has 0 heterocycles. The van der Waals surface area contributed by atoms with Crippen molar-refractivity contribution in [2.24, 2.45) is 23.2 Å². The normalized spacial score (nSPS) is 38.6. The highest BCUT2D eigenvalue weighted by atomic mass is 16.6. The molecule has 0 radical (unpaired) electrons. The maximum atomic E-state index is 12.2. The molecule has 1 aromatic rings. The Balaban J connectivity index is 1.81. The van der Waals surface area contributed by atoms with E-state index in [1.54, 1.807) is 12.1 Å². The molecule has 2 fully saturated rings. The molecular formula is C17H22O3. The van der Waals surface area contributed by atoms with Crippen LogP contribution < -0.4 is 0 Å². The summed E-state index contributed by atoms with van der Waals surface area (Å²) < 4.78 is 5.71. The smallest absolute Gasteiger partial charge is 0.338 e. The van der Waals surface area contributed by atoms with Gasteiger partial charge in [0, 0.05) is 5.41 Å². The Bertz CT molecular complexity index is 510. The summed E-state index contributed by atoms with van der Waals surface area (Å²) in [6, 6.07) is 9.01. The summed E-state index contributed by atoms with van der Waals surface area (Å²) in [6.07, 6.45) is 0.161. The maximum absolute atomic E-state index is 12.2. The van der Waals surface area contributed by atoms with Crippen LogP contribution in [-0.2, 0) is 4.74 Å². The van der Waals surface area contributed by atoms with Gasteiger partial charge in [0.2, 0.25) is 0 Å². The van der Waals surface area contributed by atoms with E-state index in [2.05, 4.69) is 20.8 Å². The second kappa shape index (κ2) is 4.59. The minimum absolute atomic E-state index is 0.0106. The van der Waals surface area contributed by atoms with Crippen molar-refractivity contribution in [3.63, 3.8) is 0 Å². The van der Waals surface area contributed by atoms with Crippen LogP contribution in [0.25, 0.3) is 0 Å². The Morgan fingerprint density at radius 2 is 2.00 bits per heavy atom. The first-order valence-corrected chi connectivity index (χ1v) is 7.42. The summed E-state index contributed by atoms with van der Waals surface area (Å²) in [4.78, 5) is 12.2. The van der Waals surface area contributed by atoms with Crippen LogP contribution in [0, 0.1) is 23.2 Å². The quantitative estimate of drug-likeness (QED) is 0.862. The highest BCUT2D eigenvalue weighted by molar-refractivity contribution is 5.89. The lowest BCUT2D eigenvalue weighted by molar-refractivity contribution is -0.0512. The molecular weight excluding hydrogens is 252 g/mol. The molecule has 20 heavy (non-hydrogen) atoms. The van der Waals surface area contributed by atoms with Gasteiger partial charge in [-0.1, -0.05) is 39.0 Å². The predicted molar refractivity (Wildman–Crippen MR) is 76.2 cm³/mol. The van der Waals surface area contributed by atoms with E-state index in [0.717, 1.165) is 6.42 Å². The first-order valence-electron chi connectivity index (χ1n) is 7.42. The molecule has 2 saturated carbocycles. The number of hydrogen-bond acceptors (Lipinski definition) is 3. The first kappa shape index (κ1) is 13.6. The Morgan fingerprint density at radius 1 is 1.35 bits per heavy atom. The summed E-state index contributed by atoms with van der Waals surface area (Å²) >= 11 is 0. The standard InChI is InChI=1S/C17H22O3/c1-10(2)17-9-13(17)11(3)14(18)15(17)20-16(19)12-7-5-4-6-8-12/h4-8,10-11,13-15,18H,9H2,1-3H3/t11?,13?,14-,15?,17?/m0/s1. The molecule has 0 aromatic heterocycles. The topological polar surface area (TPSA) is 46.5 Å². The van der Waals surface area contributed by atoms with Crippen LogP contribution in [0.4, 0.5) is 0 Å². The lowest BCUT2D eigenvalue weighted by atomic mass is 9.87. The van der Waals surface area contributed by atoms with Gasteiger partial charge in [-0.15, -0.1) is 0 Å². The zero-order valence-electron chi connectivity index (χ0n) is 12.2. The molecule has 3 nitrogen and oxygen atoms in total. The van der Waals surface area contributed by atoms with E-state index < -0.39 is 6.10 Å². The van der Waals surface area contributed by atoms with Gasteiger partial charge in [-0.05, 0) is 36.3 Å². The van der Waals surface area contributed by atoms with Gasteiger partial charge in [0.05, 0.1) is 11.7 Å². The molecule has 0 bridgehead atoms. The van der Waals surface area contributed by atoms with Crippen LogP contribution in [0.1, 0.15) is 37.6 Å². The van der Waals surface area contributed by atoms with Crippen LogP contribution in [-0.4, -0.2) is 23.3 Å². The molecule has 5 atom stereocenters. The number of fused-ring (bicyclic) bond motifs is 1. The van der Waals surface area contributed by atoms with Crippen LogP contribution in [0.5, 0.6) is 0 Å². The highest BCUT2D eigenvalue weighted by Gasteiger charge is 2.72. The van der Waals surface area contributed by atoms with E-state index in [4.69, 9.17) is 4.74 Å². The average Bonchev–Trinajstić information content (AvgIpc) is 3.16. The van der Waals surface area contributed by atoms with E-state index in [0.29, 0.717) is 17.4 Å².